The third-order valence-electron chi connectivity index (χ3n) is 5.01. The highest BCUT2D eigenvalue weighted by Gasteiger charge is 2.37. The molecule has 0 spiro atoms. The van der Waals surface area contributed by atoms with Gasteiger partial charge in [-0.25, -0.2) is 4.98 Å². The number of anilines is 1. The Labute approximate surface area is 178 Å². The molecule has 2 atom stereocenters. The fourth-order valence-electron chi connectivity index (χ4n) is 3.48. The van der Waals surface area contributed by atoms with E-state index in [2.05, 4.69) is 20.3 Å². The summed E-state index contributed by atoms with van der Waals surface area (Å²) in [5.74, 6) is -0.553. The molecule has 0 saturated carbocycles. The average molecular weight is 419 g/mol. The molecule has 3 heterocycles. The van der Waals surface area contributed by atoms with Crippen molar-refractivity contribution >= 4 is 17.5 Å². The SMILES string of the molecule is O=C(Nc1ccc([C@H]2OCC(=O)N(Cc3cccnc3)[C@@H]2CO)cc1)c1cnccn1. The Hall–Kier alpha value is -3.69. The fraction of sp³-hybridized carbons (Fsp3) is 0.227. The summed E-state index contributed by atoms with van der Waals surface area (Å²) in [6, 6.07) is 10.2. The van der Waals surface area contributed by atoms with Crippen LogP contribution in [0.5, 0.6) is 0 Å². The molecule has 0 bridgehead atoms. The number of hydrogen-bond acceptors (Lipinski definition) is 7. The number of hydrogen-bond donors (Lipinski definition) is 2. The normalized spacial score (nSPS) is 18.6. The number of morpholine rings is 1. The molecule has 1 aliphatic rings. The summed E-state index contributed by atoms with van der Waals surface area (Å²) < 4.78 is 5.77. The predicted molar refractivity (Wildman–Crippen MR) is 111 cm³/mol. The molecule has 9 nitrogen and oxygen atoms in total. The molecule has 0 unspecified atom stereocenters. The van der Waals surface area contributed by atoms with Crippen LogP contribution in [0.2, 0.25) is 0 Å². The minimum atomic E-state index is -0.540. The lowest BCUT2D eigenvalue weighted by Gasteiger charge is -2.40. The lowest BCUT2D eigenvalue weighted by Crippen LogP contribution is -2.52. The number of ether oxygens (including phenoxy) is 1. The van der Waals surface area contributed by atoms with E-state index in [0.717, 1.165) is 11.1 Å². The first kappa shape index (κ1) is 20.6. The first-order chi connectivity index (χ1) is 15.2. The maximum atomic E-state index is 12.5. The molecule has 4 rings (SSSR count). The van der Waals surface area contributed by atoms with E-state index in [1.54, 1.807) is 47.6 Å². The van der Waals surface area contributed by atoms with Crippen LogP contribution in [0, 0.1) is 0 Å². The summed E-state index contributed by atoms with van der Waals surface area (Å²) in [6.45, 7) is 0.0123. The van der Waals surface area contributed by atoms with Crippen molar-refractivity contribution in [3.8, 4) is 0 Å². The van der Waals surface area contributed by atoms with E-state index < -0.39 is 12.1 Å². The molecule has 2 amide bonds. The zero-order chi connectivity index (χ0) is 21.6. The molecule has 2 aromatic heterocycles. The van der Waals surface area contributed by atoms with E-state index in [1.165, 1.54) is 18.6 Å². The van der Waals surface area contributed by atoms with Gasteiger partial charge in [0.05, 0.1) is 18.8 Å². The highest BCUT2D eigenvalue weighted by molar-refractivity contribution is 6.02. The van der Waals surface area contributed by atoms with Crippen LogP contribution in [0.15, 0.2) is 67.4 Å². The van der Waals surface area contributed by atoms with Gasteiger partial charge in [0.25, 0.3) is 5.91 Å². The summed E-state index contributed by atoms with van der Waals surface area (Å²) in [5, 5.41) is 12.8. The van der Waals surface area contributed by atoms with Gasteiger partial charge in [-0.15, -0.1) is 0 Å². The maximum Gasteiger partial charge on any atom is 0.275 e. The van der Waals surface area contributed by atoms with Crippen LogP contribution in [0.25, 0.3) is 0 Å². The second-order valence-corrected chi connectivity index (χ2v) is 7.03. The van der Waals surface area contributed by atoms with Crippen LogP contribution >= 0.6 is 0 Å². The van der Waals surface area contributed by atoms with E-state index in [-0.39, 0.29) is 30.7 Å². The number of aliphatic hydroxyl groups is 1. The Kier molecular flexibility index (Phi) is 6.25. The highest BCUT2D eigenvalue weighted by Crippen LogP contribution is 2.30. The van der Waals surface area contributed by atoms with E-state index in [0.29, 0.717) is 12.2 Å². The summed E-state index contributed by atoms with van der Waals surface area (Å²) in [7, 11) is 0. The first-order valence-corrected chi connectivity index (χ1v) is 9.74. The Morgan fingerprint density at radius 3 is 2.61 bits per heavy atom. The summed E-state index contributed by atoms with van der Waals surface area (Å²) in [5.41, 5.74) is 2.46. The Bertz CT molecular complexity index is 1030. The van der Waals surface area contributed by atoms with Crippen molar-refractivity contribution in [3.63, 3.8) is 0 Å². The van der Waals surface area contributed by atoms with Crippen LogP contribution in [-0.2, 0) is 16.1 Å². The van der Waals surface area contributed by atoms with E-state index in [1.807, 2.05) is 6.07 Å². The molecule has 1 aliphatic heterocycles. The minimum absolute atomic E-state index is 0.0768. The molecule has 1 aromatic carbocycles. The maximum absolute atomic E-state index is 12.5. The van der Waals surface area contributed by atoms with Gasteiger partial charge < -0.3 is 20.1 Å². The van der Waals surface area contributed by atoms with Gasteiger partial charge in [-0.05, 0) is 29.3 Å². The largest absolute Gasteiger partial charge is 0.394 e. The average Bonchev–Trinajstić information content (AvgIpc) is 2.82. The van der Waals surface area contributed by atoms with Gasteiger partial charge in [0.15, 0.2) is 0 Å². The minimum Gasteiger partial charge on any atom is -0.394 e. The van der Waals surface area contributed by atoms with Crippen molar-refractivity contribution in [2.24, 2.45) is 0 Å². The lowest BCUT2D eigenvalue weighted by atomic mass is 9.98. The Balaban J connectivity index is 1.48. The highest BCUT2D eigenvalue weighted by atomic mass is 16.5. The summed E-state index contributed by atoms with van der Waals surface area (Å²) in [4.78, 5) is 38.3. The molecule has 1 saturated heterocycles. The summed E-state index contributed by atoms with van der Waals surface area (Å²) in [6.07, 6.45) is 7.20. The molecule has 9 heteroatoms. The van der Waals surface area contributed by atoms with Crippen molar-refractivity contribution in [2.75, 3.05) is 18.5 Å². The number of nitrogens with one attached hydrogen (secondary N) is 1. The number of nitrogens with zero attached hydrogens (tertiary/aromatic N) is 4. The first-order valence-electron chi connectivity index (χ1n) is 9.74. The third-order valence-corrected chi connectivity index (χ3v) is 5.01. The van der Waals surface area contributed by atoms with Gasteiger partial charge >= 0.3 is 0 Å². The smallest absolute Gasteiger partial charge is 0.275 e. The second-order valence-electron chi connectivity index (χ2n) is 7.03. The van der Waals surface area contributed by atoms with Crippen LogP contribution in [-0.4, -0.2) is 56.0 Å². The molecule has 3 aromatic rings. The van der Waals surface area contributed by atoms with Crippen LogP contribution < -0.4 is 5.32 Å². The van der Waals surface area contributed by atoms with E-state index >= 15 is 0 Å². The zero-order valence-corrected chi connectivity index (χ0v) is 16.6. The van der Waals surface area contributed by atoms with Crippen molar-refractivity contribution in [1.82, 2.24) is 19.9 Å². The molecule has 0 radical (unpaired) electrons. The molecule has 31 heavy (non-hydrogen) atoms. The van der Waals surface area contributed by atoms with Gasteiger partial charge in [0, 0.05) is 37.0 Å². The number of aliphatic hydroxyl groups excluding tert-OH is 1. The Morgan fingerprint density at radius 2 is 1.94 bits per heavy atom. The molecule has 1 fully saturated rings. The Morgan fingerprint density at radius 1 is 1.13 bits per heavy atom. The van der Waals surface area contributed by atoms with Gasteiger partial charge in [-0.3, -0.25) is 19.6 Å². The quantitative estimate of drug-likeness (QED) is 0.623. The van der Waals surface area contributed by atoms with Gasteiger partial charge in [0.2, 0.25) is 5.91 Å². The molecule has 158 valence electrons. The van der Waals surface area contributed by atoms with Gasteiger partial charge in [0.1, 0.15) is 18.4 Å². The molecule has 2 N–H and O–H groups in total. The van der Waals surface area contributed by atoms with E-state index in [4.69, 9.17) is 4.74 Å². The fourth-order valence-corrected chi connectivity index (χ4v) is 3.48. The summed E-state index contributed by atoms with van der Waals surface area (Å²) >= 11 is 0. The predicted octanol–water partition coefficient (Wildman–Crippen LogP) is 1.58. The van der Waals surface area contributed by atoms with E-state index in [9.17, 15) is 14.7 Å². The number of rotatable bonds is 6. The molecule has 0 aliphatic carbocycles. The third kappa shape index (κ3) is 4.73. The number of benzene rings is 1. The topological polar surface area (TPSA) is 118 Å². The standard InChI is InChI=1S/C22H21N5O4/c28-13-19-21(31-14-20(29)27(19)12-15-2-1-7-23-10-15)16-3-5-17(6-4-16)26-22(30)18-11-24-8-9-25-18/h1-11,19,21,28H,12-14H2,(H,26,30)/t19-,21-/m1/s1. The van der Waals surface area contributed by atoms with Crippen molar-refractivity contribution in [3.05, 3.63) is 84.2 Å². The van der Waals surface area contributed by atoms with Crippen LogP contribution in [0.3, 0.4) is 0 Å². The molecular formula is C22H21N5O4. The van der Waals surface area contributed by atoms with Crippen LogP contribution in [0.4, 0.5) is 5.69 Å². The number of carbonyl (C=O) groups excluding carboxylic acids is 2. The van der Waals surface area contributed by atoms with Gasteiger partial charge in [-0.2, -0.15) is 0 Å². The van der Waals surface area contributed by atoms with Crippen molar-refractivity contribution in [2.45, 2.75) is 18.7 Å². The zero-order valence-electron chi connectivity index (χ0n) is 16.6. The van der Waals surface area contributed by atoms with Crippen molar-refractivity contribution < 1.29 is 19.4 Å². The second kappa shape index (κ2) is 9.41. The number of amides is 2. The van der Waals surface area contributed by atoms with Gasteiger partial charge in [-0.1, -0.05) is 18.2 Å². The lowest BCUT2D eigenvalue weighted by molar-refractivity contribution is -0.162. The number of pyridine rings is 1. The number of carbonyl (C=O) groups is 2. The monoisotopic (exact) mass is 419 g/mol. The van der Waals surface area contributed by atoms with Crippen molar-refractivity contribution in [1.29, 1.82) is 0 Å². The molecular weight excluding hydrogens is 398 g/mol. The van der Waals surface area contributed by atoms with Crippen LogP contribution in [0.1, 0.15) is 27.7 Å². The number of aromatic nitrogens is 3.